The first-order valence-electron chi connectivity index (χ1n) is 9.03. The number of unbranched alkanes of at least 4 members (excludes halogenated alkanes) is 1. The minimum Gasteiger partial charge on any atom is -0.484 e. The Morgan fingerprint density at radius 3 is 2.68 bits per heavy atom. The van der Waals surface area contributed by atoms with E-state index in [9.17, 15) is 9.59 Å². The van der Waals surface area contributed by atoms with Crippen molar-refractivity contribution in [2.24, 2.45) is 0 Å². The third-order valence-corrected chi connectivity index (χ3v) is 4.74. The molecule has 0 radical (unpaired) electrons. The molecule has 2 rings (SSSR count). The van der Waals surface area contributed by atoms with Crippen LogP contribution in [0.3, 0.4) is 0 Å². The van der Waals surface area contributed by atoms with E-state index in [1.54, 1.807) is 24.3 Å². The average molecular weight is 367 g/mol. The molecule has 1 saturated carbocycles. The fourth-order valence-electron chi connectivity index (χ4n) is 3.12. The second-order valence-electron chi connectivity index (χ2n) is 6.55. The van der Waals surface area contributed by atoms with Gasteiger partial charge in [-0.25, -0.2) is 0 Å². The Bertz CT molecular complexity index is 586. The lowest BCUT2D eigenvalue weighted by Crippen LogP contribution is -2.60. The lowest BCUT2D eigenvalue weighted by atomic mass is 9.80. The number of nitrogens with one attached hydrogen (secondary N) is 2. The summed E-state index contributed by atoms with van der Waals surface area (Å²) in [5.74, 6) is 0.178. The first-order valence-corrected chi connectivity index (χ1v) is 9.41. The van der Waals surface area contributed by atoms with Crippen molar-refractivity contribution < 1.29 is 14.3 Å². The van der Waals surface area contributed by atoms with Crippen LogP contribution in [-0.2, 0) is 9.59 Å². The molecule has 1 fully saturated rings. The van der Waals surface area contributed by atoms with Crippen LogP contribution in [-0.4, -0.2) is 30.5 Å². The number of hydrogen-bond donors (Lipinski definition) is 2. The predicted octanol–water partition coefficient (Wildman–Crippen LogP) is 3.45. The number of carbonyl (C=O) groups excluding carboxylic acids is 2. The van der Waals surface area contributed by atoms with E-state index in [-0.39, 0.29) is 18.4 Å². The molecule has 1 aliphatic rings. The molecular formula is C19H27ClN2O3. The molecule has 1 aromatic rings. The highest BCUT2D eigenvalue weighted by Crippen LogP contribution is 2.28. The molecule has 0 unspecified atom stereocenters. The van der Waals surface area contributed by atoms with E-state index < -0.39 is 5.54 Å². The maximum Gasteiger partial charge on any atom is 0.258 e. The van der Waals surface area contributed by atoms with Gasteiger partial charge in [0.1, 0.15) is 11.3 Å². The molecule has 0 saturated heterocycles. The fourth-order valence-corrected chi connectivity index (χ4v) is 3.30. The van der Waals surface area contributed by atoms with Crippen molar-refractivity contribution in [2.75, 3.05) is 13.2 Å². The third-order valence-electron chi connectivity index (χ3n) is 4.50. The van der Waals surface area contributed by atoms with Crippen molar-refractivity contribution >= 4 is 23.4 Å². The molecule has 1 aromatic carbocycles. The molecule has 25 heavy (non-hydrogen) atoms. The summed E-state index contributed by atoms with van der Waals surface area (Å²) < 4.78 is 5.49. The first kappa shape index (κ1) is 19.6. The maximum absolute atomic E-state index is 12.7. The fraction of sp³-hybridized carbons (Fsp3) is 0.579. The van der Waals surface area contributed by atoms with E-state index in [2.05, 4.69) is 17.6 Å². The van der Waals surface area contributed by atoms with Crippen molar-refractivity contribution in [1.29, 1.82) is 0 Å². The van der Waals surface area contributed by atoms with E-state index in [0.29, 0.717) is 30.2 Å². The molecule has 0 bridgehead atoms. The number of carbonyl (C=O) groups is 2. The molecule has 5 nitrogen and oxygen atoms in total. The number of ether oxygens (including phenoxy) is 1. The quantitative estimate of drug-likeness (QED) is 0.692. The molecule has 0 spiro atoms. The van der Waals surface area contributed by atoms with Gasteiger partial charge >= 0.3 is 0 Å². The van der Waals surface area contributed by atoms with Crippen molar-refractivity contribution in [3.8, 4) is 5.75 Å². The zero-order chi connectivity index (χ0) is 18.1. The van der Waals surface area contributed by atoms with Crippen LogP contribution in [0.2, 0.25) is 5.02 Å². The molecule has 2 N–H and O–H groups in total. The highest BCUT2D eigenvalue weighted by atomic mass is 35.5. The molecule has 6 heteroatoms. The van der Waals surface area contributed by atoms with Gasteiger partial charge in [-0.05, 0) is 37.5 Å². The Morgan fingerprint density at radius 1 is 1.24 bits per heavy atom. The third kappa shape index (κ3) is 5.92. The van der Waals surface area contributed by atoms with Crippen LogP contribution in [0.15, 0.2) is 24.3 Å². The van der Waals surface area contributed by atoms with Gasteiger partial charge in [-0.2, -0.15) is 0 Å². The van der Waals surface area contributed by atoms with Crippen LogP contribution in [0.25, 0.3) is 0 Å². The minimum atomic E-state index is -0.805. The van der Waals surface area contributed by atoms with Gasteiger partial charge in [-0.15, -0.1) is 0 Å². The van der Waals surface area contributed by atoms with Gasteiger partial charge in [0.2, 0.25) is 5.91 Å². The van der Waals surface area contributed by atoms with Crippen LogP contribution in [0.4, 0.5) is 0 Å². The number of hydrogen-bond acceptors (Lipinski definition) is 3. The maximum atomic E-state index is 12.7. The smallest absolute Gasteiger partial charge is 0.258 e. The lowest BCUT2D eigenvalue weighted by Gasteiger charge is -2.36. The number of halogens is 1. The Hall–Kier alpha value is -1.75. The van der Waals surface area contributed by atoms with Crippen molar-refractivity contribution in [3.63, 3.8) is 0 Å². The SMILES string of the molecule is CCCCNC(=O)C1(NC(=O)COc2cccc(Cl)c2)CCCCC1. The molecule has 138 valence electrons. The molecule has 0 aromatic heterocycles. The van der Waals surface area contributed by atoms with Crippen molar-refractivity contribution in [1.82, 2.24) is 10.6 Å². The lowest BCUT2D eigenvalue weighted by molar-refractivity contribution is -0.135. The Labute approximate surface area is 154 Å². The van der Waals surface area contributed by atoms with Gasteiger partial charge in [0.15, 0.2) is 6.61 Å². The Morgan fingerprint density at radius 2 is 2.00 bits per heavy atom. The zero-order valence-electron chi connectivity index (χ0n) is 14.8. The molecule has 0 aliphatic heterocycles. The molecule has 0 atom stereocenters. The predicted molar refractivity (Wildman–Crippen MR) is 98.8 cm³/mol. The standard InChI is InChI=1S/C19H27ClN2O3/c1-2-3-12-21-18(24)19(10-5-4-6-11-19)22-17(23)14-25-16-9-7-8-15(20)13-16/h7-9,13H,2-6,10-12,14H2,1H3,(H,21,24)(H,22,23). The van der Waals surface area contributed by atoms with E-state index >= 15 is 0 Å². The van der Waals surface area contributed by atoms with E-state index in [0.717, 1.165) is 32.1 Å². The van der Waals surface area contributed by atoms with Crippen molar-refractivity contribution in [2.45, 2.75) is 57.4 Å². The van der Waals surface area contributed by atoms with Crippen LogP contribution in [0.5, 0.6) is 5.75 Å². The highest BCUT2D eigenvalue weighted by Gasteiger charge is 2.40. The topological polar surface area (TPSA) is 67.4 Å². The molecule has 2 amide bonds. The summed E-state index contributed by atoms with van der Waals surface area (Å²) in [4.78, 5) is 25.0. The number of amides is 2. The first-order chi connectivity index (χ1) is 12.1. The van der Waals surface area contributed by atoms with E-state index in [4.69, 9.17) is 16.3 Å². The summed E-state index contributed by atoms with van der Waals surface area (Å²) in [5.41, 5.74) is -0.805. The highest BCUT2D eigenvalue weighted by molar-refractivity contribution is 6.30. The van der Waals surface area contributed by atoms with Gasteiger partial charge in [0.25, 0.3) is 5.91 Å². The van der Waals surface area contributed by atoms with Gasteiger partial charge in [0, 0.05) is 11.6 Å². The second-order valence-corrected chi connectivity index (χ2v) is 6.98. The summed E-state index contributed by atoms with van der Waals surface area (Å²) in [6.45, 7) is 2.59. The Balaban J connectivity index is 1.93. The second kappa shape index (κ2) is 9.66. The van der Waals surface area contributed by atoms with Crippen LogP contribution in [0, 0.1) is 0 Å². The normalized spacial score (nSPS) is 16.1. The van der Waals surface area contributed by atoms with Crippen molar-refractivity contribution in [3.05, 3.63) is 29.3 Å². The van der Waals surface area contributed by atoms with Crippen LogP contribution < -0.4 is 15.4 Å². The summed E-state index contributed by atoms with van der Waals surface area (Å²) >= 11 is 5.91. The Kier molecular flexibility index (Phi) is 7.56. The molecule has 0 heterocycles. The zero-order valence-corrected chi connectivity index (χ0v) is 15.5. The summed E-state index contributed by atoms with van der Waals surface area (Å²) in [6, 6.07) is 6.90. The monoisotopic (exact) mass is 366 g/mol. The molecule has 1 aliphatic carbocycles. The number of benzene rings is 1. The largest absolute Gasteiger partial charge is 0.484 e. The minimum absolute atomic E-state index is 0.0724. The van der Waals surface area contributed by atoms with Gasteiger partial charge in [-0.1, -0.05) is 50.3 Å². The molecular weight excluding hydrogens is 340 g/mol. The van der Waals surface area contributed by atoms with Crippen LogP contribution in [0.1, 0.15) is 51.9 Å². The van der Waals surface area contributed by atoms with Crippen LogP contribution >= 0.6 is 11.6 Å². The summed E-state index contributed by atoms with van der Waals surface area (Å²) in [5, 5.41) is 6.46. The summed E-state index contributed by atoms with van der Waals surface area (Å²) in [7, 11) is 0. The van der Waals surface area contributed by atoms with E-state index in [1.165, 1.54) is 0 Å². The average Bonchev–Trinajstić information content (AvgIpc) is 2.61. The van der Waals surface area contributed by atoms with Gasteiger partial charge in [-0.3, -0.25) is 9.59 Å². The number of rotatable bonds is 8. The van der Waals surface area contributed by atoms with Gasteiger partial charge < -0.3 is 15.4 Å². The van der Waals surface area contributed by atoms with E-state index in [1.807, 2.05) is 0 Å². The summed E-state index contributed by atoms with van der Waals surface area (Å²) in [6.07, 6.45) is 6.29. The van der Waals surface area contributed by atoms with Gasteiger partial charge in [0.05, 0.1) is 0 Å².